The molecule has 3 aromatic rings. The second-order valence-corrected chi connectivity index (χ2v) is 5.85. The highest BCUT2D eigenvalue weighted by Crippen LogP contribution is 2.35. The van der Waals surface area contributed by atoms with Crippen LogP contribution in [0.3, 0.4) is 0 Å². The van der Waals surface area contributed by atoms with Gasteiger partial charge in [0.1, 0.15) is 0 Å². The van der Waals surface area contributed by atoms with Crippen LogP contribution >= 0.6 is 0 Å². The molecule has 122 valence electrons. The first-order valence-electron chi connectivity index (χ1n) is 8.03. The van der Waals surface area contributed by atoms with Crippen LogP contribution in [0.15, 0.2) is 72.9 Å². The third kappa shape index (κ3) is 2.90. The van der Waals surface area contributed by atoms with E-state index in [1.807, 2.05) is 67.6 Å². The molecule has 0 unspecified atom stereocenters. The summed E-state index contributed by atoms with van der Waals surface area (Å²) in [7, 11) is 0. The molecule has 1 aromatic heterocycles. The van der Waals surface area contributed by atoms with Crippen molar-refractivity contribution < 1.29 is 9.63 Å². The van der Waals surface area contributed by atoms with Gasteiger partial charge in [-0.2, -0.15) is 0 Å². The first kappa shape index (κ1) is 15.1. The van der Waals surface area contributed by atoms with Gasteiger partial charge in [-0.25, -0.2) is 4.98 Å². The topological polar surface area (TPSA) is 42.4 Å². The number of carbonyl (C=O) groups excluding carboxylic acids is 1. The number of pyridine rings is 1. The van der Waals surface area contributed by atoms with Gasteiger partial charge in [-0.1, -0.05) is 48.0 Å². The van der Waals surface area contributed by atoms with E-state index >= 15 is 0 Å². The zero-order chi connectivity index (χ0) is 17.2. The summed E-state index contributed by atoms with van der Waals surface area (Å²) in [4.78, 5) is 22.8. The first-order chi connectivity index (χ1) is 12.2. The van der Waals surface area contributed by atoms with Crippen molar-refractivity contribution in [1.29, 1.82) is 0 Å². The molecule has 0 spiro atoms. The highest BCUT2D eigenvalue weighted by atomic mass is 16.7. The van der Waals surface area contributed by atoms with Crippen molar-refractivity contribution in [2.24, 2.45) is 0 Å². The predicted molar refractivity (Wildman–Crippen MR) is 96.5 cm³/mol. The van der Waals surface area contributed by atoms with E-state index in [9.17, 15) is 4.79 Å². The molecular formula is C21H16N2O2. The van der Waals surface area contributed by atoms with Crippen LogP contribution in [0.1, 0.15) is 27.0 Å². The number of nitrogens with zero attached hydrogens (tertiary/aromatic N) is 2. The van der Waals surface area contributed by atoms with Crippen molar-refractivity contribution in [1.82, 2.24) is 10.0 Å². The SMILES string of the molecule is Cc1ccc2c(c1)/C(=C\c1ccccc1)N(Oc1ccccn1)C2=O. The molecule has 4 heteroatoms. The van der Waals surface area contributed by atoms with Crippen molar-refractivity contribution in [3.63, 3.8) is 0 Å². The second kappa shape index (κ2) is 6.24. The Morgan fingerprint density at radius 1 is 0.960 bits per heavy atom. The van der Waals surface area contributed by atoms with Crippen molar-refractivity contribution >= 4 is 17.7 Å². The summed E-state index contributed by atoms with van der Waals surface area (Å²) in [6.07, 6.45) is 3.58. The Balaban J connectivity index is 1.82. The second-order valence-electron chi connectivity index (χ2n) is 5.85. The zero-order valence-electron chi connectivity index (χ0n) is 13.7. The van der Waals surface area contributed by atoms with Crippen LogP contribution in [0.5, 0.6) is 5.88 Å². The molecule has 0 atom stereocenters. The van der Waals surface area contributed by atoms with Crippen LogP contribution in [0.2, 0.25) is 0 Å². The number of rotatable bonds is 3. The van der Waals surface area contributed by atoms with Crippen LogP contribution in [0, 0.1) is 6.92 Å². The Kier molecular flexibility index (Phi) is 3.78. The first-order valence-corrected chi connectivity index (χ1v) is 8.03. The summed E-state index contributed by atoms with van der Waals surface area (Å²) >= 11 is 0. The molecule has 0 radical (unpaired) electrons. The number of benzene rings is 2. The lowest BCUT2D eigenvalue weighted by Gasteiger charge is -2.17. The Labute approximate surface area is 146 Å². The molecule has 0 bridgehead atoms. The van der Waals surface area contributed by atoms with Crippen LogP contribution in [0.25, 0.3) is 11.8 Å². The average Bonchev–Trinajstić information content (AvgIpc) is 2.89. The van der Waals surface area contributed by atoms with Gasteiger partial charge in [0, 0.05) is 17.8 Å². The maximum absolute atomic E-state index is 12.8. The fourth-order valence-electron chi connectivity index (χ4n) is 2.81. The smallest absolute Gasteiger partial charge is 0.292 e. The van der Waals surface area contributed by atoms with Crippen LogP contribution < -0.4 is 4.84 Å². The number of amides is 1. The number of carbonyl (C=O) groups is 1. The Hall–Kier alpha value is -3.40. The molecule has 0 saturated heterocycles. The molecule has 4 rings (SSSR count). The Morgan fingerprint density at radius 3 is 2.52 bits per heavy atom. The molecular weight excluding hydrogens is 312 g/mol. The monoisotopic (exact) mass is 328 g/mol. The van der Waals surface area contributed by atoms with Gasteiger partial charge in [0.15, 0.2) is 0 Å². The van der Waals surface area contributed by atoms with E-state index in [2.05, 4.69) is 4.98 Å². The largest absolute Gasteiger partial charge is 0.351 e. The zero-order valence-corrected chi connectivity index (χ0v) is 13.7. The summed E-state index contributed by atoms with van der Waals surface area (Å²) in [5.74, 6) is 0.183. The van der Waals surface area contributed by atoms with Gasteiger partial charge in [-0.3, -0.25) is 4.79 Å². The van der Waals surface area contributed by atoms with Gasteiger partial charge in [0.25, 0.3) is 5.91 Å². The van der Waals surface area contributed by atoms with Crippen molar-refractivity contribution in [2.45, 2.75) is 6.92 Å². The van der Waals surface area contributed by atoms with Gasteiger partial charge in [-0.15, -0.1) is 5.06 Å². The molecule has 0 saturated carbocycles. The number of hydroxylamine groups is 2. The standard InChI is InChI=1S/C21H16N2O2/c1-15-10-11-17-18(13-15)19(14-16-7-3-2-4-8-16)23(21(17)24)25-20-9-5-6-12-22-20/h2-14H,1H3/b19-14+. The lowest BCUT2D eigenvalue weighted by Crippen LogP contribution is -2.27. The number of fused-ring (bicyclic) bond motifs is 1. The number of hydrogen-bond acceptors (Lipinski definition) is 3. The number of aromatic nitrogens is 1. The minimum absolute atomic E-state index is 0.192. The fraction of sp³-hybridized carbons (Fsp3) is 0.0476. The van der Waals surface area contributed by atoms with E-state index in [0.29, 0.717) is 17.1 Å². The summed E-state index contributed by atoms with van der Waals surface area (Å²) in [6, 6.07) is 21.0. The Bertz CT molecular complexity index is 950. The number of aryl methyl sites for hydroxylation is 1. The molecule has 2 heterocycles. The van der Waals surface area contributed by atoms with E-state index in [-0.39, 0.29) is 5.91 Å². The average molecular weight is 328 g/mol. The van der Waals surface area contributed by atoms with Crippen molar-refractivity contribution in [2.75, 3.05) is 0 Å². The van der Waals surface area contributed by atoms with Crippen LogP contribution in [-0.4, -0.2) is 16.0 Å². The van der Waals surface area contributed by atoms with Gasteiger partial charge in [0.05, 0.1) is 11.3 Å². The fourth-order valence-corrected chi connectivity index (χ4v) is 2.81. The molecule has 0 fully saturated rings. The van der Waals surface area contributed by atoms with Crippen molar-refractivity contribution in [3.8, 4) is 5.88 Å². The van der Waals surface area contributed by atoms with Gasteiger partial charge in [0.2, 0.25) is 5.88 Å². The van der Waals surface area contributed by atoms with Gasteiger partial charge < -0.3 is 4.84 Å². The highest BCUT2D eigenvalue weighted by molar-refractivity contribution is 6.11. The number of hydrogen-bond donors (Lipinski definition) is 0. The van der Waals surface area contributed by atoms with Crippen LogP contribution in [0.4, 0.5) is 0 Å². The van der Waals surface area contributed by atoms with E-state index in [4.69, 9.17) is 4.84 Å². The predicted octanol–water partition coefficient (Wildman–Crippen LogP) is 4.34. The van der Waals surface area contributed by atoms with E-state index in [1.54, 1.807) is 18.3 Å². The molecule has 1 aliphatic rings. The summed E-state index contributed by atoms with van der Waals surface area (Å²) in [5, 5.41) is 1.32. The third-order valence-corrected chi connectivity index (χ3v) is 4.01. The maximum atomic E-state index is 12.8. The van der Waals surface area contributed by atoms with E-state index in [0.717, 1.165) is 16.7 Å². The van der Waals surface area contributed by atoms with E-state index < -0.39 is 0 Å². The molecule has 4 nitrogen and oxygen atoms in total. The molecule has 1 aliphatic heterocycles. The quantitative estimate of drug-likeness (QED) is 0.718. The Morgan fingerprint density at radius 2 is 1.76 bits per heavy atom. The van der Waals surface area contributed by atoms with E-state index in [1.165, 1.54) is 5.06 Å². The normalized spacial score (nSPS) is 14.7. The lowest BCUT2D eigenvalue weighted by atomic mass is 10.0. The summed E-state index contributed by atoms with van der Waals surface area (Å²) in [6.45, 7) is 2.01. The summed E-state index contributed by atoms with van der Waals surface area (Å²) < 4.78 is 0. The lowest BCUT2D eigenvalue weighted by molar-refractivity contribution is 0.0107. The molecule has 0 N–H and O–H groups in total. The van der Waals surface area contributed by atoms with Crippen LogP contribution in [-0.2, 0) is 0 Å². The maximum Gasteiger partial charge on any atom is 0.292 e. The van der Waals surface area contributed by atoms with Gasteiger partial charge in [-0.05, 0) is 36.8 Å². The third-order valence-electron chi connectivity index (χ3n) is 4.01. The van der Waals surface area contributed by atoms with Gasteiger partial charge >= 0.3 is 0 Å². The molecule has 1 amide bonds. The minimum Gasteiger partial charge on any atom is -0.351 e. The highest BCUT2D eigenvalue weighted by Gasteiger charge is 2.34. The van der Waals surface area contributed by atoms with Crippen molar-refractivity contribution in [3.05, 3.63) is 95.2 Å². The molecule has 0 aliphatic carbocycles. The summed E-state index contributed by atoms with van der Waals surface area (Å²) in [5.41, 5.74) is 4.29. The molecule has 2 aromatic carbocycles. The molecule has 25 heavy (non-hydrogen) atoms. The minimum atomic E-state index is -0.192.